The molecule has 0 heterocycles. The van der Waals surface area contributed by atoms with E-state index in [0.29, 0.717) is 19.3 Å². The third-order valence-electron chi connectivity index (χ3n) is 15.9. The van der Waals surface area contributed by atoms with Crippen molar-refractivity contribution in [2.24, 2.45) is 0 Å². The maximum atomic E-state index is 12.9. The van der Waals surface area contributed by atoms with Gasteiger partial charge in [-0.2, -0.15) is 0 Å². The summed E-state index contributed by atoms with van der Waals surface area (Å²) in [6, 6.07) is 0. The van der Waals surface area contributed by atoms with Crippen LogP contribution in [0.2, 0.25) is 0 Å². The van der Waals surface area contributed by atoms with Crippen LogP contribution in [-0.4, -0.2) is 37.2 Å². The predicted octanol–water partition coefficient (Wildman–Crippen LogP) is 23.9. The van der Waals surface area contributed by atoms with Crippen LogP contribution in [0.5, 0.6) is 0 Å². The second kappa shape index (κ2) is 67.1. The summed E-state index contributed by atoms with van der Waals surface area (Å²) in [5, 5.41) is 0. The van der Waals surface area contributed by atoms with Crippen LogP contribution >= 0.6 is 0 Å². The van der Waals surface area contributed by atoms with Crippen molar-refractivity contribution in [3.63, 3.8) is 0 Å². The summed E-state index contributed by atoms with van der Waals surface area (Å²) in [7, 11) is 0. The minimum Gasteiger partial charge on any atom is -0.462 e. The van der Waals surface area contributed by atoms with Crippen LogP contribution < -0.4 is 0 Å². The standard InChI is InChI=1S/C72H134O6/c1-4-7-10-13-16-19-22-25-28-31-32-33-34-35-36-37-38-39-40-42-44-47-50-53-56-59-62-65-71(74)77-68-69(67-76-70(73)64-61-58-55-52-49-46-43-30-27-24-21-18-15-12-9-6-3)78-72(75)66-63-60-57-54-51-48-45-41-29-26-23-20-17-14-11-8-5-2/h22,25,30-32,43,69H,4-21,23-24,26-29,33-42,44-68H2,1-3H3/b25-22-,32-31-,43-30-. The minimum atomic E-state index is -0.773. The lowest BCUT2D eigenvalue weighted by molar-refractivity contribution is -0.167. The minimum absolute atomic E-state index is 0.0694. The first-order valence-electron chi connectivity index (χ1n) is 35.0. The van der Waals surface area contributed by atoms with Crippen LogP contribution in [0.3, 0.4) is 0 Å². The zero-order valence-corrected chi connectivity index (χ0v) is 52.7. The van der Waals surface area contributed by atoms with Crippen LogP contribution in [0.15, 0.2) is 36.5 Å². The molecule has 0 saturated carbocycles. The molecule has 78 heavy (non-hydrogen) atoms. The van der Waals surface area contributed by atoms with E-state index in [1.165, 1.54) is 276 Å². The monoisotopic (exact) mass is 1100 g/mol. The third kappa shape index (κ3) is 64.5. The molecule has 0 aliphatic heterocycles. The lowest BCUT2D eigenvalue weighted by Crippen LogP contribution is -2.30. The zero-order chi connectivity index (χ0) is 56.4. The van der Waals surface area contributed by atoms with Gasteiger partial charge in [-0.05, 0) is 77.0 Å². The maximum absolute atomic E-state index is 12.9. The van der Waals surface area contributed by atoms with Crippen molar-refractivity contribution in [1.82, 2.24) is 0 Å². The van der Waals surface area contributed by atoms with E-state index in [1.807, 2.05) is 0 Å². The van der Waals surface area contributed by atoms with Crippen LogP contribution in [0.4, 0.5) is 0 Å². The number of hydrogen-bond donors (Lipinski definition) is 0. The molecule has 0 amide bonds. The molecule has 0 aliphatic carbocycles. The summed E-state index contributed by atoms with van der Waals surface area (Å²) < 4.78 is 17.0. The highest BCUT2D eigenvalue weighted by Crippen LogP contribution is 2.18. The molecule has 0 aromatic heterocycles. The molecule has 0 rings (SSSR count). The van der Waals surface area contributed by atoms with Crippen LogP contribution in [0.1, 0.15) is 387 Å². The topological polar surface area (TPSA) is 78.9 Å². The van der Waals surface area contributed by atoms with E-state index < -0.39 is 6.10 Å². The average Bonchev–Trinajstić information content (AvgIpc) is 3.44. The Morgan fingerprint density at radius 1 is 0.256 bits per heavy atom. The molecule has 6 heteroatoms. The summed E-state index contributed by atoms with van der Waals surface area (Å²) in [5.41, 5.74) is 0. The van der Waals surface area contributed by atoms with Crippen molar-refractivity contribution < 1.29 is 28.6 Å². The van der Waals surface area contributed by atoms with Gasteiger partial charge in [-0.3, -0.25) is 14.4 Å². The number of ether oxygens (including phenoxy) is 3. The van der Waals surface area contributed by atoms with Gasteiger partial charge in [-0.25, -0.2) is 0 Å². The number of carbonyl (C=O) groups excluding carboxylic acids is 3. The first-order valence-corrected chi connectivity index (χ1v) is 35.0. The predicted molar refractivity (Wildman–Crippen MR) is 339 cm³/mol. The van der Waals surface area contributed by atoms with Crippen molar-refractivity contribution >= 4 is 17.9 Å². The molecule has 1 unspecified atom stereocenters. The van der Waals surface area contributed by atoms with E-state index >= 15 is 0 Å². The summed E-state index contributed by atoms with van der Waals surface area (Å²) in [4.78, 5) is 38.4. The van der Waals surface area contributed by atoms with Gasteiger partial charge < -0.3 is 14.2 Å². The summed E-state index contributed by atoms with van der Waals surface area (Å²) in [6.45, 7) is 6.69. The lowest BCUT2D eigenvalue weighted by Gasteiger charge is -2.18. The number of carbonyl (C=O) groups is 3. The molecule has 0 aromatic rings. The van der Waals surface area contributed by atoms with Crippen molar-refractivity contribution in [1.29, 1.82) is 0 Å². The van der Waals surface area contributed by atoms with Crippen molar-refractivity contribution in [2.75, 3.05) is 13.2 Å². The quantitative estimate of drug-likeness (QED) is 0.0261. The Hall–Kier alpha value is -2.37. The number of allylic oxidation sites excluding steroid dienone is 6. The smallest absolute Gasteiger partial charge is 0.306 e. The van der Waals surface area contributed by atoms with Crippen molar-refractivity contribution in [3.8, 4) is 0 Å². The second-order valence-corrected chi connectivity index (χ2v) is 23.8. The Kier molecular flexibility index (Phi) is 65.1. The van der Waals surface area contributed by atoms with Gasteiger partial charge in [0.1, 0.15) is 13.2 Å². The Balaban J connectivity index is 4.25. The fourth-order valence-electron chi connectivity index (χ4n) is 10.6. The summed E-state index contributed by atoms with van der Waals surface area (Å²) in [5.74, 6) is -0.849. The Bertz CT molecular complexity index is 1300. The number of rotatable bonds is 65. The molecule has 0 bridgehead atoms. The molecule has 0 aliphatic rings. The molecule has 0 spiro atoms. The van der Waals surface area contributed by atoms with Crippen molar-refractivity contribution in [3.05, 3.63) is 36.5 Å². The SMILES string of the molecule is CCCCCCC/C=C\C/C=C\CCCCCCCCCCCCCCCCCC(=O)OCC(COC(=O)CCCCCCC/C=C\CCCCCCCCC)OC(=O)CCCCCCCCCCCCCCCCCCC. The van der Waals surface area contributed by atoms with E-state index in [9.17, 15) is 14.4 Å². The highest BCUT2D eigenvalue weighted by Gasteiger charge is 2.19. The second-order valence-electron chi connectivity index (χ2n) is 23.8. The summed E-state index contributed by atoms with van der Waals surface area (Å²) in [6.07, 6.45) is 83.1. The number of esters is 3. The Morgan fingerprint density at radius 3 is 0.718 bits per heavy atom. The number of unbranched alkanes of at least 4 members (excludes halogenated alkanes) is 48. The van der Waals surface area contributed by atoms with Crippen molar-refractivity contribution in [2.45, 2.75) is 393 Å². The zero-order valence-electron chi connectivity index (χ0n) is 52.7. The molecule has 0 fully saturated rings. The molecule has 0 saturated heterocycles. The molecule has 6 nitrogen and oxygen atoms in total. The van der Waals surface area contributed by atoms with Crippen LogP contribution in [-0.2, 0) is 28.6 Å². The van der Waals surface area contributed by atoms with Gasteiger partial charge in [0.15, 0.2) is 6.10 Å². The van der Waals surface area contributed by atoms with Gasteiger partial charge in [0.2, 0.25) is 0 Å². The fourth-order valence-corrected chi connectivity index (χ4v) is 10.6. The highest BCUT2D eigenvalue weighted by molar-refractivity contribution is 5.71. The van der Waals surface area contributed by atoms with Gasteiger partial charge in [-0.15, -0.1) is 0 Å². The average molecular weight is 1100 g/mol. The maximum Gasteiger partial charge on any atom is 0.306 e. The van der Waals surface area contributed by atoms with Gasteiger partial charge in [0.25, 0.3) is 0 Å². The van der Waals surface area contributed by atoms with Crippen LogP contribution in [0, 0.1) is 0 Å². The summed E-state index contributed by atoms with van der Waals surface area (Å²) >= 11 is 0. The van der Waals surface area contributed by atoms with E-state index in [1.54, 1.807) is 0 Å². The third-order valence-corrected chi connectivity index (χ3v) is 15.9. The van der Waals surface area contributed by atoms with E-state index in [-0.39, 0.29) is 31.1 Å². The molecular weight excluding hydrogens is 961 g/mol. The van der Waals surface area contributed by atoms with Gasteiger partial charge in [0, 0.05) is 19.3 Å². The molecule has 0 radical (unpaired) electrons. The van der Waals surface area contributed by atoms with Gasteiger partial charge >= 0.3 is 17.9 Å². The van der Waals surface area contributed by atoms with E-state index in [4.69, 9.17) is 14.2 Å². The van der Waals surface area contributed by atoms with E-state index in [0.717, 1.165) is 70.6 Å². The number of hydrogen-bond acceptors (Lipinski definition) is 6. The fraction of sp³-hybridized carbons (Fsp3) is 0.875. The molecule has 0 N–H and O–H groups in total. The normalized spacial score (nSPS) is 12.2. The first kappa shape index (κ1) is 75.6. The van der Waals surface area contributed by atoms with E-state index in [2.05, 4.69) is 57.2 Å². The highest BCUT2D eigenvalue weighted by atomic mass is 16.6. The molecule has 1 atom stereocenters. The molecule has 0 aromatic carbocycles. The lowest BCUT2D eigenvalue weighted by atomic mass is 10.0. The molecule has 458 valence electrons. The molecular formula is C72H134O6. The Morgan fingerprint density at radius 2 is 0.462 bits per heavy atom. The van der Waals surface area contributed by atoms with Gasteiger partial charge in [-0.1, -0.05) is 327 Å². The largest absolute Gasteiger partial charge is 0.462 e. The Labute approximate surface area is 486 Å². The first-order chi connectivity index (χ1) is 38.5. The van der Waals surface area contributed by atoms with Gasteiger partial charge in [0.05, 0.1) is 0 Å². The van der Waals surface area contributed by atoms with Crippen LogP contribution in [0.25, 0.3) is 0 Å².